The Bertz CT molecular complexity index is 346. The van der Waals surface area contributed by atoms with Crippen LogP contribution in [0, 0.1) is 17.7 Å². The maximum absolute atomic E-state index is 12.7. The molecule has 15 heavy (non-hydrogen) atoms. The normalized spacial score (nSPS) is 33.3. The molecule has 2 heteroatoms. The predicted molar refractivity (Wildman–Crippen MR) is 59.3 cm³/mol. The zero-order chi connectivity index (χ0) is 10.3. The van der Waals surface area contributed by atoms with E-state index in [-0.39, 0.29) is 5.82 Å². The molecule has 1 nitrogen and oxygen atoms in total. The van der Waals surface area contributed by atoms with Gasteiger partial charge < -0.3 is 5.32 Å². The molecule has 0 aliphatic heterocycles. The average molecular weight is 205 g/mol. The summed E-state index contributed by atoms with van der Waals surface area (Å²) in [6, 6.07) is 7.35. The van der Waals surface area contributed by atoms with Gasteiger partial charge in [0.15, 0.2) is 0 Å². The molecule has 1 aromatic rings. The summed E-state index contributed by atoms with van der Waals surface area (Å²) < 4.78 is 12.7. The van der Waals surface area contributed by atoms with E-state index in [9.17, 15) is 4.39 Å². The summed E-state index contributed by atoms with van der Waals surface area (Å²) in [5, 5.41) is 3.53. The lowest BCUT2D eigenvalue weighted by molar-refractivity contribution is 0.440. The summed E-state index contributed by atoms with van der Waals surface area (Å²) >= 11 is 0. The Hall–Kier alpha value is -1.05. The zero-order valence-corrected chi connectivity index (χ0v) is 8.75. The van der Waals surface area contributed by atoms with Crippen LogP contribution in [0.3, 0.4) is 0 Å². The maximum atomic E-state index is 12.7. The molecule has 0 unspecified atom stereocenters. The first-order chi connectivity index (χ1) is 7.31. The fourth-order valence-electron chi connectivity index (χ4n) is 3.18. The van der Waals surface area contributed by atoms with Crippen molar-refractivity contribution < 1.29 is 4.39 Å². The standard InChI is InChI=1S/C13H16FN/c14-11-3-5-12(6-4-11)15-13-8-9-1-2-10(13)7-9/h3-6,9-10,13,15H,1-2,7-8H2/t9-,10+,13+/m0/s1. The van der Waals surface area contributed by atoms with Gasteiger partial charge in [-0.2, -0.15) is 0 Å². The third kappa shape index (κ3) is 1.73. The van der Waals surface area contributed by atoms with Gasteiger partial charge in [-0.1, -0.05) is 6.42 Å². The molecule has 1 aromatic carbocycles. The summed E-state index contributed by atoms with van der Waals surface area (Å²) in [5.41, 5.74) is 1.06. The summed E-state index contributed by atoms with van der Waals surface area (Å²) in [7, 11) is 0. The number of benzene rings is 1. The van der Waals surface area contributed by atoms with Crippen molar-refractivity contribution in [2.45, 2.75) is 31.7 Å². The largest absolute Gasteiger partial charge is 0.382 e. The van der Waals surface area contributed by atoms with E-state index in [0.717, 1.165) is 17.5 Å². The van der Waals surface area contributed by atoms with Gasteiger partial charge in [-0.05, 0) is 55.4 Å². The Kier molecular flexibility index (Phi) is 2.15. The summed E-state index contributed by atoms with van der Waals surface area (Å²) in [6.07, 6.45) is 5.51. The van der Waals surface area contributed by atoms with E-state index in [1.807, 2.05) is 12.1 Å². The van der Waals surface area contributed by atoms with Crippen LogP contribution in [0.25, 0.3) is 0 Å². The molecule has 2 bridgehead atoms. The molecule has 0 heterocycles. The Labute approximate surface area is 89.7 Å². The molecule has 2 fully saturated rings. The van der Waals surface area contributed by atoms with Crippen LogP contribution in [0.15, 0.2) is 24.3 Å². The van der Waals surface area contributed by atoms with Gasteiger partial charge in [-0.25, -0.2) is 4.39 Å². The minimum absolute atomic E-state index is 0.159. The van der Waals surface area contributed by atoms with Crippen molar-refractivity contribution in [2.75, 3.05) is 5.32 Å². The number of nitrogens with one attached hydrogen (secondary N) is 1. The number of halogens is 1. The van der Waals surface area contributed by atoms with Gasteiger partial charge in [0.25, 0.3) is 0 Å². The highest BCUT2D eigenvalue weighted by Crippen LogP contribution is 2.45. The number of anilines is 1. The molecule has 0 amide bonds. The maximum Gasteiger partial charge on any atom is 0.123 e. The van der Waals surface area contributed by atoms with Crippen LogP contribution >= 0.6 is 0 Å². The molecule has 0 saturated heterocycles. The molecule has 0 spiro atoms. The van der Waals surface area contributed by atoms with Crippen molar-refractivity contribution in [1.29, 1.82) is 0 Å². The Morgan fingerprint density at radius 1 is 1.07 bits per heavy atom. The first kappa shape index (κ1) is 9.20. The Morgan fingerprint density at radius 3 is 2.47 bits per heavy atom. The van der Waals surface area contributed by atoms with Gasteiger partial charge in [0, 0.05) is 11.7 Å². The van der Waals surface area contributed by atoms with E-state index in [1.54, 1.807) is 0 Å². The minimum Gasteiger partial charge on any atom is -0.382 e. The van der Waals surface area contributed by atoms with E-state index < -0.39 is 0 Å². The molecule has 2 saturated carbocycles. The van der Waals surface area contributed by atoms with Gasteiger partial charge in [0.2, 0.25) is 0 Å². The Morgan fingerprint density at radius 2 is 1.87 bits per heavy atom. The minimum atomic E-state index is -0.159. The third-order valence-corrected chi connectivity index (χ3v) is 3.93. The number of hydrogen-bond acceptors (Lipinski definition) is 1. The monoisotopic (exact) mass is 205 g/mol. The number of rotatable bonds is 2. The van der Waals surface area contributed by atoms with E-state index in [2.05, 4.69) is 5.32 Å². The quantitative estimate of drug-likeness (QED) is 0.780. The zero-order valence-electron chi connectivity index (χ0n) is 8.75. The average Bonchev–Trinajstić information content (AvgIpc) is 2.83. The molecule has 2 aliphatic carbocycles. The third-order valence-electron chi connectivity index (χ3n) is 3.93. The molecular weight excluding hydrogens is 189 g/mol. The molecule has 1 N–H and O–H groups in total. The van der Waals surface area contributed by atoms with Crippen LogP contribution in [0.1, 0.15) is 25.7 Å². The Balaban J connectivity index is 1.68. The lowest BCUT2D eigenvalue weighted by Crippen LogP contribution is -2.25. The van der Waals surface area contributed by atoms with Crippen LogP contribution < -0.4 is 5.32 Å². The van der Waals surface area contributed by atoms with E-state index >= 15 is 0 Å². The smallest absolute Gasteiger partial charge is 0.123 e. The van der Waals surface area contributed by atoms with Gasteiger partial charge in [-0.15, -0.1) is 0 Å². The lowest BCUT2D eigenvalue weighted by Gasteiger charge is -2.23. The second-order valence-corrected chi connectivity index (χ2v) is 4.93. The fraction of sp³-hybridized carbons (Fsp3) is 0.538. The van der Waals surface area contributed by atoms with E-state index in [0.29, 0.717) is 6.04 Å². The van der Waals surface area contributed by atoms with Gasteiger partial charge in [0.1, 0.15) is 5.82 Å². The highest BCUT2D eigenvalue weighted by atomic mass is 19.1. The van der Waals surface area contributed by atoms with Gasteiger partial charge >= 0.3 is 0 Å². The molecule has 2 aliphatic rings. The topological polar surface area (TPSA) is 12.0 Å². The number of fused-ring (bicyclic) bond motifs is 2. The molecule has 0 aromatic heterocycles. The highest BCUT2D eigenvalue weighted by molar-refractivity contribution is 5.44. The summed E-state index contributed by atoms with van der Waals surface area (Å²) in [6.45, 7) is 0. The van der Waals surface area contributed by atoms with Crippen LogP contribution in [0.5, 0.6) is 0 Å². The molecular formula is C13H16FN. The van der Waals surface area contributed by atoms with E-state index in [1.165, 1.54) is 37.8 Å². The fourth-order valence-corrected chi connectivity index (χ4v) is 3.18. The lowest BCUT2D eigenvalue weighted by atomic mass is 9.95. The predicted octanol–water partition coefficient (Wildman–Crippen LogP) is 3.43. The number of hydrogen-bond donors (Lipinski definition) is 1. The first-order valence-corrected chi connectivity index (χ1v) is 5.83. The van der Waals surface area contributed by atoms with Crippen LogP contribution in [-0.2, 0) is 0 Å². The van der Waals surface area contributed by atoms with Gasteiger partial charge in [0.05, 0.1) is 0 Å². The molecule has 3 rings (SSSR count). The van der Waals surface area contributed by atoms with E-state index in [4.69, 9.17) is 0 Å². The molecule has 3 atom stereocenters. The first-order valence-electron chi connectivity index (χ1n) is 5.83. The van der Waals surface area contributed by atoms with Crippen molar-refractivity contribution in [1.82, 2.24) is 0 Å². The van der Waals surface area contributed by atoms with Crippen LogP contribution in [-0.4, -0.2) is 6.04 Å². The SMILES string of the molecule is Fc1ccc(N[C@@H]2C[C@H]3CC[C@@H]2C3)cc1. The van der Waals surface area contributed by atoms with Gasteiger partial charge in [-0.3, -0.25) is 0 Å². The van der Waals surface area contributed by atoms with Crippen molar-refractivity contribution >= 4 is 5.69 Å². The van der Waals surface area contributed by atoms with Crippen LogP contribution in [0.4, 0.5) is 10.1 Å². The second-order valence-electron chi connectivity index (χ2n) is 4.93. The summed E-state index contributed by atoms with van der Waals surface area (Å²) in [5.74, 6) is 1.65. The highest BCUT2D eigenvalue weighted by Gasteiger charge is 2.39. The van der Waals surface area contributed by atoms with Crippen molar-refractivity contribution in [2.24, 2.45) is 11.8 Å². The molecule has 0 radical (unpaired) electrons. The second kappa shape index (κ2) is 3.51. The van der Waals surface area contributed by atoms with Crippen molar-refractivity contribution in [3.8, 4) is 0 Å². The summed E-state index contributed by atoms with van der Waals surface area (Å²) in [4.78, 5) is 0. The van der Waals surface area contributed by atoms with Crippen molar-refractivity contribution in [3.05, 3.63) is 30.1 Å². The van der Waals surface area contributed by atoms with Crippen molar-refractivity contribution in [3.63, 3.8) is 0 Å². The molecule has 80 valence electrons. The van der Waals surface area contributed by atoms with Crippen LogP contribution in [0.2, 0.25) is 0 Å².